The van der Waals surface area contributed by atoms with E-state index in [2.05, 4.69) is 5.32 Å². The maximum atomic E-state index is 13.1. The van der Waals surface area contributed by atoms with Gasteiger partial charge in [0, 0.05) is 16.6 Å². The number of carbonyl (C=O) groups excluding carboxylic acids is 1. The normalized spacial score (nSPS) is 18.8. The number of carbonyl (C=O) groups is 1. The van der Waals surface area contributed by atoms with Crippen molar-refractivity contribution in [2.75, 3.05) is 6.54 Å². The summed E-state index contributed by atoms with van der Waals surface area (Å²) in [4.78, 5) is 12.8. The lowest BCUT2D eigenvalue weighted by Gasteiger charge is -2.25. The van der Waals surface area contributed by atoms with E-state index in [1.807, 2.05) is 0 Å². The summed E-state index contributed by atoms with van der Waals surface area (Å²) < 4.78 is 40.1. The van der Waals surface area contributed by atoms with Gasteiger partial charge in [0.05, 0.1) is 10.9 Å². The quantitative estimate of drug-likeness (QED) is 0.752. The molecule has 150 valence electrons. The van der Waals surface area contributed by atoms with Gasteiger partial charge in [-0.15, -0.1) is 0 Å². The molecule has 1 heterocycles. The van der Waals surface area contributed by atoms with Crippen LogP contribution >= 0.6 is 23.2 Å². The van der Waals surface area contributed by atoms with Gasteiger partial charge in [0.2, 0.25) is 15.9 Å². The van der Waals surface area contributed by atoms with Crippen molar-refractivity contribution >= 4 is 39.1 Å². The molecule has 28 heavy (non-hydrogen) atoms. The first-order valence-corrected chi connectivity index (χ1v) is 10.9. The van der Waals surface area contributed by atoms with E-state index in [1.54, 1.807) is 25.1 Å². The first kappa shape index (κ1) is 21.0. The summed E-state index contributed by atoms with van der Waals surface area (Å²) in [5, 5.41) is 3.73. The first-order valence-electron chi connectivity index (χ1n) is 8.73. The molecule has 2 aromatic carbocycles. The van der Waals surface area contributed by atoms with Gasteiger partial charge in [-0.2, -0.15) is 4.31 Å². The minimum absolute atomic E-state index is 0.0394. The van der Waals surface area contributed by atoms with Crippen LogP contribution in [0.25, 0.3) is 0 Å². The van der Waals surface area contributed by atoms with Crippen molar-refractivity contribution in [1.29, 1.82) is 0 Å². The molecule has 1 aliphatic heterocycles. The van der Waals surface area contributed by atoms with E-state index in [4.69, 9.17) is 23.2 Å². The van der Waals surface area contributed by atoms with Crippen LogP contribution in [-0.2, 0) is 14.8 Å². The van der Waals surface area contributed by atoms with Gasteiger partial charge in [0.25, 0.3) is 0 Å². The molecule has 1 aliphatic rings. The summed E-state index contributed by atoms with van der Waals surface area (Å²) in [6, 6.07) is 8.30. The number of rotatable bonds is 5. The fourth-order valence-electron chi connectivity index (χ4n) is 3.27. The molecule has 1 N–H and O–H groups in total. The van der Waals surface area contributed by atoms with Gasteiger partial charge in [0.15, 0.2) is 0 Å². The highest BCUT2D eigenvalue weighted by molar-refractivity contribution is 7.89. The van der Waals surface area contributed by atoms with Crippen LogP contribution in [0.15, 0.2) is 47.4 Å². The Balaban J connectivity index is 1.78. The van der Waals surface area contributed by atoms with E-state index < -0.39 is 33.8 Å². The van der Waals surface area contributed by atoms with E-state index >= 15 is 0 Å². The molecule has 1 fully saturated rings. The van der Waals surface area contributed by atoms with E-state index in [-0.39, 0.29) is 11.4 Å². The molecule has 0 radical (unpaired) electrons. The summed E-state index contributed by atoms with van der Waals surface area (Å²) in [5.41, 5.74) is 0.686. The molecule has 5 nitrogen and oxygen atoms in total. The minimum atomic E-state index is -3.90. The largest absolute Gasteiger partial charge is 0.348 e. The standard InChI is InChI=1S/C19H19Cl2FN2O3S/c1-12(16-9-4-13(20)11-17(16)21)23-19(25)18-3-2-10-24(18)28(26,27)15-7-5-14(22)6-8-15/h4-9,11-12,18H,2-3,10H2,1H3,(H,23,25). The zero-order chi connectivity index (χ0) is 20.5. The number of hydrogen-bond donors (Lipinski definition) is 1. The van der Waals surface area contributed by atoms with Crippen LogP contribution in [0, 0.1) is 5.82 Å². The van der Waals surface area contributed by atoms with E-state index in [1.165, 1.54) is 16.4 Å². The monoisotopic (exact) mass is 444 g/mol. The molecular formula is C19H19Cl2FN2O3S. The molecule has 2 atom stereocenters. The zero-order valence-corrected chi connectivity index (χ0v) is 17.4. The van der Waals surface area contributed by atoms with E-state index in [0.29, 0.717) is 28.5 Å². The van der Waals surface area contributed by atoms with Crippen molar-refractivity contribution in [3.8, 4) is 0 Å². The lowest BCUT2D eigenvalue weighted by Crippen LogP contribution is -2.46. The Morgan fingerprint density at radius 1 is 1.21 bits per heavy atom. The lowest BCUT2D eigenvalue weighted by atomic mass is 10.1. The molecule has 0 aliphatic carbocycles. The molecule has 0 aromatic heterocycles. The Kier molecular flexibility index (Phi) is 6.29. The predicted octanol–water partition coefficient (Wildman–Crippen LogP) is 4.16. The zero-order valence-electron chi connectivity index (χ0n) is 15.0. The summed E-state index contributed by atoms with van der Waals surface area (Å²) in [6.07, 6.45) is 0.974. The molecule has 9 heteroatoms. The van der Waals surface area contributed by atoms with E-state index in [0.717, 1.165) is 12.1 Å². The Morgan fingerprint density at radius 2 is 1.89 bits per heavy atom. The number of sulfonamides is 1. The maximum Gasteiger partial charge on any atom is 0.243 e. The predicted molar refractivity (Wildman–Crippen MR) is 106 cm³/mol. The molecule has 1 amide bonds. The molecule has 2 unspecified atom stereocenters. The second-order valence-electron chi connectivity index (χ2n) is 6.62. The van der Waals surface area contributed by atoms with Crippen LogP contribution in [0.1, 0.15) is 31.4 Å². The van der Waals surface area contributed by atoms with Crippen molar-refractivity contribution in [1.82, 2.24) is 9.62 Å². The van der Waals surface area contributed by atoms with Gasteiger partial charge in [-0.05, 0) is 61.7 Å². The van der Waals surface area contributed by atoms with Gasteiger partial charge in [-0.3, -0.25) is 4.79 Å². The van der Waals surface area contributed by atoms with Crippen LogP contribution in [0.4, 0.5) is 4.39 Å². The number of hydrogen-bond acceptors (Lipinski definition) is 3. The maximum absolute atomic E-state index is 13.1. The first-order chi connectivity index (χ1) is 13.2. The molecule has 0 spiro atoms. The topological polar surface area (TPSA) is 66.5 Å². The van der Waals surface area contributed by atoms with E-state index in [9.17, 15) is 17.6 Å². The summed E-state index contributed by atoms with van der Waals surface area (Å²) >= 11 is 12.1. The summed E-state index contributed by atoms with van der Waals surface area (Å²) in [5.74, 6) is -0.926. The summed E-state index contributed by atoms with van der Waals surface area (Å²) in [7, 11) is -3.90. The van der Waals surface area contributed by atoms with Crippen molar-refractivity contribution in [2.24, 2.45) is 0 Å². The summed E-state index contributed by atoms with van der Waals surface area (Å²) in [6.45, 7) is 1.99. The number of benzene rings is 2. The van der Waals surface area contributed by atoms with Crippen LogP contribution in [0.2, 0.25) is 10.0 Å². The van der Waals surface area contributed by atoms with Crippen LogP contribution in [-0.4, -0.2) is 31.2 Å². The van der Waals surface area contributed by atoms with Crippen LogP contribution in [0.3, 0.4) is 0 Å². The van der Waals surface area contributed by atoms with Gasteiger partial charge in [-0.25, -0.2) is 12.8 Å². The van der Waals surface area contributed by atoms with Crippen LogP contribution < -0.4 is 5.32 Å². The van der Waals surface area contributed by atoms with Gasteiger partial charge >= 0.3 is 0 Å². The van der Waals surface area contributed by atoms with Gasteiger partial charge < -0.3 is 5.32 Å². The molecule has 0 saturated carbocycles. The molecule has 2 aromatic rings. The van der Waals surface area contributed by atoms with Crippen molar-refractivity contribution < 1.29 is 17.6 Å². The van der Waals surface area contributed by atoms with Gasteiger partial charge in [0.1, 0.15) is 11.9 Å². The highest BCUT2D eigenvalue weighted by atomic mass is 35.5. The minimum Gasteiger partial charge on any atom is -0.348 e. The molecule has 3 rings (SSSR count). The van der Waals surface area contributed by atoms with Crippen molar-refractivity contribution in [2.45, 2.75) is 36.7 Å². The Labute approximate surface area is 173 Å². The molecule has 0 bridgehead atoms. The van der Waals surface area contributed by atoms with Crippen molar-refractivity contribution in [3.63, 3.8) is 0 Å². The number of nitrogens with zero attached hydrogens (tertiary/aromatic N) is 1. The average Bonchev–Trinajstić information content (AvgIpc) is 3.12. The highest BCUT2D eigenvalue weighted by Gasteiger charge is 2.39. The lowest BCUT2D eigenvalue weighted by molar-refractivity contribution is -0.124. The highest BCUT2D eigenvalue weighted by Crippen LogP contribution is 2.29. The molecular weight excluding hydrogens is 426 g/mol. The average molecular weight is 445 g/mol. The third-order valence-corrected chi connectivity index (χ3v) is 7.20. The smallest absolute Gasteiger partial charge is 0.243 e. The second kappa shape index (κ2) is 8.37. The fourth-order valence-corrected chi connectivity index (χ4v) is 5.50. The number of nitrogens with one attached hydrogen (secondary N) is 1. The third kappa shape index (κ3) is 4.33. The Bertz CT molecular complexity index is 983. The SMILES string of the molecule is CC(NC(=O)C1CCCN1S(=O)(=O)c1ccc(F)cc1)c1ccc(Cl)cc1Cl. The second-order valence-corrected chi connectivity index (χ2v) is 9.36. The number of halogens is 3. The molecule has 1 saturated heterocycles. The van der Waals surface area contributed by atoms with Crippen molar-refractivity contribution in [3.05, 3.63) is 63.9 Å². The number of amides is 1. The third-order valence-electron chi connectivity index (χ3n) is 4.71. The van der Waals surface area contributed by atoms with Gasteiger partial charge in [-0.1, -0.05) is 29.3 Å². The Morgan fingerprint density at radius 3 is 2.54 bits per heavy atom. The fraction of sp³-hybridized carbons (Fsp3) is 0.316. The van der Waals surface area contributed by atoms with Crippen LogP contribution in [0.5, 0.6) is 0 Å². The Hall–Kier alpha value is -1.67.